The monoisotopic (exact) mass is 430 g/mol. The first-order chi connectivity index (χ1) is 15.5. The van der Waals surface area contributed by atoms with Gasteiger partial charge in [-0.15, -0.1) is 0 Å². The number of likely N-dealkylation sites (N-methyl/N-ethyl adjacent to an activating group) is 1. The van der Waals surface area contributed by atoms with Crippen LogP contribution < -0.4 is 5.32 Å². The average Bonchev–Trinajstić information content (AvgIpc) is 3.46. The Hall–Kier alpha value is -3.87. The summed E-state index contributed by atoms with van der Waals surface area (Å²) in [6, 6.07) is 18.9. The van der Waals surface area contributed by atoms with Crippen LogP contribution >= 0.6 is 0 Å². The second-order valence-corrected chi connectivity index (χ2v) is 7.81. The summed E-state index contributed by atoms with van der Waals surface area (Å²) in [4.78, 5) is 31.8. The van der Waals surface area contributed by atoms with Gasteiger partial charge in [0, 0.05) is 32.9 Å². The van der Waals surface area contributed by atoms with Crippen molar-refractivity contribution in [1.82, 2.24) is 19.8 Å². The zero-order chi connectivity index (χ0) is 22.5. The van der Waals surface area contributed by atoms with E-state index >= 15 is 0 Å². The van der Waals surface area contributed by atoms with E-state index in [1.165, 1.54) is 6.39 Å². The van der Waals surface area contributed by atoms with E-state index in [0.717, 1.165) is 5.56 Å². The van der Waals surface area contributed by atoms with Gasteiger partial charge in [0.2, 0.25) is 0 Å². The Morgan fingerprint density at radius 2 is 1.91 bits per heavy atom. The highest BCUT2D eigenvalue weighted by Crippen LogP contribution is 2.21. The molecule has 4 rings (SSSR count). The number of fused-ring (bicyclic) bond motifs is 1. The molecular weight excluding hydrogens is 404 g/mol. The van der Waals surface area contributed by atoms with Crippen molar-refractivity contribution in [3.05, 3.63) is 90.1 Å². The van der Waals surface area contributed by atoms with Crippen LogP contribution in [0.3, 0.4) is 0 Å². The van der Waals surface area contributed by atoms with E-state index < -0.39 is 0 Å². The zero-order valence-corrected chi connectivity index (χ0v) is 18.2. The Morgan fingerprint density at radius 3 is 2.66 bits per heavy atom. The third-order valence-corrected chi connectivity index (χ3v) is 5.71. The first-order valence-corrected chi connectivity index (χ1v) is 10.6. The van der Waals surface area contributed by atoms with Crippen LogP contribution in [0.2, 0.25) is 0 Å². The number of aromatic nitrogens is 2. The number of para-hydroxylation sites is 1. The van der Waals surface area contributed by atoms with Gasteiger partial charge in [-0.1, -0.05) is 36.4 Å². The second-order valence-electron chi connectivity index (χ2n) is 7.81. The smallest absolute Gasteiger partial charge is 0.267 e. The minimum absolute atomic E-state index is 0.110. The fraction of sp³-hybridized carbons (Fsp3) is 0.240. The van der Waals surface area contributed by atoms with Gasteiger partial charge in [0.25, 0.3) is 11.8 Å². The zero-order valence-electron chi connectivity index (χ0n) is 18.2. The van der Waals surface area contributed by atoms with Gasteiger partial charge in [-0.25, -0.2) is 4.98 Å². The molecule has 0 radical (unpaired) electrons. The molecule has 2 amide bonds. The Kier molecular flexibility index (Phi) is 6.35. The van der Waals surface area contributed by atoms with Gasteiger partial charge in [0.1, 0.15) is 11.2 Å². The third kappa shape index (κ3) is 4.56. The summed E-state index contributed by atoms with van der Waals surface area (Å²) in [5.41, 5.74) is 3.38. The van der Waals surface area contributed by atoms with Crippen LogP contribution in [0.15, 0.2) is 77.7 Å². The number of benzene rings is 2. The molecule has 2 aromatic carbocycles. The van der Waals surface area contributed by atoms with Gasteiger partial charge in [-0.3, -0.25) is 9.59 Å². The molecule has 0 spiro atoms. The number of rotatable bonds is 8. The van der Waals surface area contributed by atoms with Crippen LogP contribution in [-0.4, -0.2) is 45.9 Å². The van der Waals surface area contributed by atoms with Crippen LogP contribution in [0.25, 0.3) is 11.1 Å². The molecule has 1 N–H and O–H groups in total. The maximum Gasteiger partial charge on any atom is 0.267 e. The van der Waals surface area contributed by atoms with E-state index in [1.807, 2.05) is 49.6 Å². The normalized spacial score (nSPS) is 11.9. The highest BCUT2D eigenvalue weighted by molar-refractivity contribution is 6.04. The lowest BCUT2D eigenvalue weighted by molar-refractivity contribution is 0.0724. The summed E-state index contributed by atoms with van der Waals surface area (Å²) in [5.74, 6) is -0.253. The SMILES string of the molecule is CN(C(=O)c1cccc2ocnc12)C(CCNC(=O)c1cccn1C)Cc1ccccc1. The van der Waals surface area contributed by atoms with Crippen molar-refractivity contribution >= 4 is 22.9 Å². The first-order valence-electron chi connectivity index (χ1n) is 10.6. The summed E-state index contributed by atoms with van der Waals surface area (Å²) in [5, 5.41) is 2.98. The van der Waals surface area contributed by atoms with Gasteiger partial charge in [-0.2, -0.15) is 0 Å². The lowest BCUT2D eigenvalue weighted by Crippen LogP contribution is -2.41. The fourth-order valence-corrected chi connectivity index (χ4v) is 3.87. The minimum Gasteiger partial charge on any atom is -0.443 e. The molecule has 164 valence electrons. The van der Waals surface area contributed by atoms with Crippen molar-refractivity contribution in [2.24, 2.45) is 7.05 Å². The number of carbonyl (C=O) groups is 2. The number of carbonyl (C=O) groups excluding carboxylic acids is 2. The van der Waals surface area contributed by atoms with E-state index in [9.17, 15) is 9.59 Å². The molecule has 0 saturated carbocycles. The third-order valence-electron chi connectivity index (χ3n) is 5.71. The summed E-state index contributed by atoms with van der Waals surface area (Å²) < 4.78 is 7.13. The predicted octanol–water partition coefficient (Wildman–Crippen LogP) is 3.67. The van der Waals surface area contributed by atoms with Crippen molar-refractivity contribution < 1.29 is 14.0 Å². The van der Waals surface area contributed by atoms with E-state index in [2.05, 4.69) is 10.3 Å². The van der Waals surface area contributed by atoms with E-state index in [0.29, 0.717) is 41.7 Å². The van der Waals surface area contributed by atoms with Gasteiger partial charge in [-0.05, 0) is 42.7 Å². The average molecular weight is 431 g/mol. The van der Waals surface area contributed by atoms with E-state index in [4.69, 9.17) is 4.42 Å². The van der Waals surface area contributed by atoms with Gasteiger partial charge < -0.3 is 19.2 Å². The quantitative estimate of drug-likeness (QED) is 0.463. The highest BCUT2D eigenvalue weighted by atomic mass is 16.3. The lowest BCUT2D eigenvalue weighted by atomic mass is 10.0. The summed E-state index contributed by atoms with van der Waals surface area (Å²) >= 11 is 0. The number of amides is 2. The molecule has 0 aliphatic rings. The maximum absolute atomic E-state index is 13.4. The number of hydrogen-bond acceptors (Lipinski definition) is 4. The summed E-state index contributed by atoms with van der Waals surface area (Å²) in [7, 11) is 3.64. The minimum atomic E-state index is -0.127. The van der Waals surface area contributed by atoms with Crippen molar-refractivity contribution in [3.63, 3.8) is 0 Å². The highest BCUT2D eigenvalue weighted by Gasteiger charge is 2.24. The Balaban J connectivity index is 1.50. The van der Waals surface area contributed by atoms with E-state index in [-0.39, 0.29) is 17.9 Å². The number of aryl methyl sites for hydroxylation is 1. The molecule has 7 heteroatoms. The standard InChI is InChI=1S/C25H26N4O3/c1-28-15-7-11-21(28)24(30)26-14-13-19(16-18-8-4-3-5-9-18)29(2)25(31)20-10-6-12-22-23(20)27-17-32-22/h3-12,15,17,19H,13-14,16H2,1-2H3,(H,26,30). The molecule has 2 heterocycles. The van der Waals surface area contributed by atoms with Crippen molar-refractivity contribution in [3.8, 4) is 0 Å². The van der Waals surface area contributed by atoms with E-state index in [1.54, 1.807) is 40.8 Å². The maximum atomic E-state index is 13.4. The number of hydrogen-bond donors (Lipinski definition) is 1. The Morgan fingerprint density at radius 1 is 1.09 bits per heavy atom. The topological polar surface area (TPSA) is 80.4 Å². The molecular formula is C25H26N4O3. The molecule has 2 aromatic heterocycles. The number of oxazole rings is 1. The van der Waals surface area contributed by atoms with Crippen LogP contribution in [-0.2, 0) is 13.5 Å². The molecule has 4 aromatic rings. The summed E-state index contributed by atoms with van der Waals surface area (Å²) in [6.07, 6.45) is 4.48. The van der Waals surface area contributed by atoms with Crippen LogP contribution in [0.5, 0.6) is 0 Å². The number of nitrogens with one attached hydrogen (secondary N) is 1. The second kappa shape index (κ2) is 9.51. The number of nitrogens with zero attached hydrogens (tertiary/aromatic N) is 3. The van der Waals surface area contributed by atoms with Gasteiger partial charge in [0.15, 0.2) is 12.0 Å². The van der Waals surface area contributed by atoms with Crippen molar-refractivity contribution in [1.29, 1.82) is 0 Å². The van der Waals surface area contributed by atoms with Gasteiger partial charge >= 0.3 is 0 Å². The van der Waals surface area contributed by atoms with Gasteiger partial charge in [0.05, 0.1) is 5.56 Å². The molecule has 7 nitrogen and oxygen atoms in total. The van der Waals surface area contributed by atoms with Crippen molar-refractivity contribution in [2.75, 3.05) is 13.6 Å². The van der Waals surface area contributed by atoms with Crippen LogP contribution in [0.1, 0.15) is 32.8 Å². The predicted molar refractivity (Wildman–Crippen MR) is 122 cm³/mol. The molecule has 0 bridgehead atoms. The van der Waals surface area contributed by atoms with Crippen LogP contribution in [0, 0.1) is 0 Å². The molecule has 0 fully saturated rings. The Bertz CT molecular complexity index is 1210. The Labute approximate surface area is 186 Å². The molecule has 32 heavy (non-hydrogen) atoms. The largest absolute Gasteiger partial charge is 0.443 e. The first kappa shape index (κ1) is 21.4. The summed E-state index contributed by atoms with van der Waals surface area (Å²) in [6.45, 7) is 0.452. The molecule has 1 unspecified atom stereocenters. The molecule has 0 aliphatic heterocycles. The molecule has 0 saturated heterocycles. The van der Waals surface area contributed by atoms with Crippen LogP contribution in [0.4, 0.5) is 0 Å². The lowest BCUT2D eigenvalue weighted by Gasteiger charge is -2.29. The fourth-order valence-electron chi connectivity index (χ4n) is 3.87. The molecule has 0 aliphatic carbocycles. The van der Waals surface area contributed by atoms with Crippen molar-refractivity contribution in [2.45, 2.75) is 18.9 Å². The molecule has 1 atom stereocenters.